The van der Waals surface area contributed by atoms with E-state index in [1.807, 2.05) is 13.8 Å². The van der Waals surface area contributed by atoms with Crippen LogP contribution in [0.25, 0.3) is 0 Å². The lowest BCUT2D eigenvalue weighted by molar-refractivity contribution is -0.138. The van der Waals surface area contributed by atoms with Gasteiger partial charge in [0.2, 0.25) is 0 Å². The van der Waals surface area contributed by atoms with E-state index in [1.165, 1.54) is 0 Å². The summed E-state index contributed by atoms with van der Waals surface area (Å²) in [7, 11) is 0. The Balaban J connectivity index is 2.23. The fourth-order valence-corrected chi connectivity index (χ4v) is 4.17. The molecule has 4 nitrogen and oxygen atoms in total. The van der Waals surface area contributed by atoms with Crippen LogP contribution in [0.2, 0.25) is 0 Å². The van der Waals surface area contributed by atoms with Gasteiger partial charge in [0.1, 0.15) is 12.4 Å². The van der Waals surface area contributed by atoms with Crippen molar-refractivity contribution in [3.63, 3.8) is 0 Å². The van der Waals surface area contributed by atoms with Crippen LogP contribution in [-0.2, 0) is 24.0 Å². The van der Waals surface area contributed by atoms with Gasteiger partial charge in [-0.15, -0.1) is 0 Å². The highest BCUT2D eigenvalue weighted by atomic mass is 79.9. The van der Waals surface area contributed by atoms with E-state index in [9.17, 15) is 18.0 Å². The highest BCUT2D eigenvalue weighted by molar-refractivity contribution is 9.11. The van der Waals surface area contributed by atoms with Crippen LogP contribution in [0.5, 0.6) is 5.75 Å². The van der Waals surface area contributed by atoms with Gasteiger partial charge in [0.05, 0.1) is 14.5 Å². The maximum atomic E-state index is 13.2. The van der Waals surface area contributed by atoms with Crippen molar-refractivity contribution in [1.82, 2.24) is 0 Å². The molecule has 158 valence electrons. The summed E-state index contributed by atoms with van der Waals surface area (Å²) in [6, 6.07) is 7.22. The predicted molar refractivity (Wildman–Crippen MR) is 112 cm³/mol. The number of halogens is 5. The molecule has 0 fully saturated rings. The molecule has 2 rings (SSSR count). The molecule has 2 N–H and O–H groups in total. The maximum absolute atomic E-state index is 13.2. The summed E-state index contributed by atoms with van der Waals surface area (Å²) in [4.78, 5) is 10.7. The van der Waals surface area contributed by atoms with E-state index in [0.717, 1.165) is 17.7 Å². The SMILES string of the molecule is CC(C)Nc1cc(COc2c(Br)cc(CCC(=O)O)cc2Br)cc(C(F)(F)F)c1. The molecule has 0 aromatic heterocycles. The number of hydrogen-bond donors (Lipinski definition) is 2. The molecule has 0 amide bonds. The number of rotatable bonds is 8. The van der Waals surface area contributed by atoms with E-state index in [0.29, 0.717) is 32.4 Å². The zero-order valence-electron chi connectivity index (χ0n) is 15.7. The molecule has 0 saturated heterocycles. The number of alkyl halides is 3. The molecule has 0 aliphatic heterocycles. The largest absolute Gasteiger partial charge is 0.487 e. The van der Waals surface area contributed by atoms with Gasteiger partial charge in [-0.05, 0) is 93.6 Å². The molecule has 0 atom stereocenters. The Labute approximate surface area is 183 Å². The lowest BCUT2D eigenvalue weighted by Crippen LogP contribution is -2.13. The quantitative estimate of drug-likeness (QED) is 0.395. The van der Waals surface area contributed by atoms with Crippen LogP contribution in [0.15, 0.2) is 39.3 Å². The van der Waals surface area contributed by atoms with Crippen molar-refractivity contribution in [3.8, 4) is 5.75 Å². The fraction of sp³-hybridized carbons (Fsp3) is 0.350. The Hall–Kier alpha value is -1.74. The van der Waals surface area contributed by atoms with E-state index in [-0.39, 0.29) is 19.1 Å². The first-order valence-electron chi connectivity index (χ1n) is 8.76. The smallest absolute Gasteiger partial charge is 0.416 e. The molecule has 9 heteroatoms. The molecule has 0 saturated carbocycles. The van der Waals surface area contributed by atoms with Crippen molar-refractivity contribution in [3.05, 3.63) is 56.0 Å². The van der Waals surface area contributed by atoms with Crippen molar-refractivity contribution in [2.24, 2.45) is 0 Å². The minimum Gasteiger partial charge on any atom is -0.487 e. The Morgan fingerprint density at radius 2 is 1.72 bits per heavy atom. The third kappa shape index (κ3) is 7.22. The third-order valence-electron chi connectivity index (χ3n) is 3.84. The van der Waals surface area contributed by atoms with Gasteiger partial charge in [-0.3, -0.25) is 4.79 Å². The number of aliphatic carboxylic acids is 1. The number of ether oxygens (including phenoxy) is 1. The van der Waals surface area contributed by atoms with Crippen LogP contribution in [0.3, 0.4) is 0 Å². The van der Waals surface area contributed by atoms with Gasteiger partial charge in [-0.25, -0.2) is 0 Å². The van der Waals surface area contributed by atoms with Crippen LogP contribution >= 0.6 is 31.9 Å². The summed E-state index contributed by atoms with van der Waals surface area (Å²) < 4.78 is 46.6. The minimum atomic E-state index is -4.46. The number of carboxylic acids is 1. The summed E-state index contributed by atoms with van der Waals surface area (Å²) >= 11 is 6.75. The van der Waals surface area contributed by atoms with Crippen molar-refractivity contribution in [2.45, 2.75) is 45.5 Å². The summed E-state index contributed by atoms with van der Waals surface area (Å²) in [6.07, 6.45) is -4.12. The predicted octanol–water partition coefficient (Wildman–Crippen LogP) is 6.65. The normalized spacial score (nSPS) is 11.6. The molecular formula is C20H20Br2F3NO3. The Morgan fingerprint density at radius 1 is 1.10 bits per heavy atom. The van der Waals surface area contributed by atoms with E-state index in [1.54, 1.807) is 18.2 Å². The van der Waals surface area contributed by atoms with Gasteiger partial charge in [-0.1, -0.05) is 0 Å². The van der Waals surface area contributed by atoms with Crippen molar-refractivity contribution in [1.29, 1.82) is 0 Å². The van der Waals surface area contributed by atoms with E-state index in [4.69, 9.17) is 9.84 Å². The molecule has 2 aromatic rings. The third-order valence-corrected chi connectivity index (χ3v) is 5.02. The second kappa shape index (κ2) is 9.84. The molecule has 0 unspecified atom stereocenters. The second-order valence-corrected chi connectivity index (χ2v) is 8.50. The molecule has 0 aliphatic carbocycles. The van der Waals surface area contributed by atoms with Crippen LogP contribution in [0, 0.1) is 0 Å². The first kappa shape index (κ1) is 23.5. The molecule has 2 aromatic carbocycles. The molecule has 29 heavy (non-hydrogen) atoms. The van der Waals surface area contributed by atoms with E-state index in [2.05, 4.69) is 37.2 Å². The Kier molecular flexibility index (Phi) is 7.99. The van der Waals surface area contributed by atoms with Crippen molar-refractivity contribution in [2.75, 3.05) is 5.32 Å². The number of carboxylic acid groups (broad SMARTS) is 1. The Morgan fingerprint density at radius 3 is 2.24 bits per heavy atom. The standard InChI is InChI=1S/C20H20Br2F3NO3/c1-11(2)26-15-6-13(5-14(9-15)20(23,24)25)10-29-19-16(21)7-12(8-17(19)22)3-4-18(27)28/h5-9,11,26H,3-4,10H2,1-2H3,(H,27,28). The van der Waals surface area contributed by atoms with E-state index < -0.39 is 17.7 Å². The molecule has 0 aliphatic rings. The monoisotopic (exact) mass is 537 g/mol. The molecule has 0 spiro atoms. The zero-order valence-corrected chi connectivity index (χ0v) is 18.9. The van der Waals surface area contributed by atoms with Gasteiger partial charge in [0, 0.05) is 18.2 Å². The highest BCUT2D eigenvalue weighted by Crippen LogP contribution is 2.37. The van der Waals surface area contributed by atoms with Crippen molar-refractivity contribution >= 4 is 43.5 Å². The number of carbonyl (C=O) groups is 1. The molecule has 0 heterocycles. The average molecular weight is 539 g/mol. The lowest BCUT2D eigenvalue weighted by atomic mass is 10.1. The molecule has 0 bridgehead atoms. The summed E-state index contributed by atoms with van der Waals surface area (Å²) in [5, 5.41) is 11.8. The second-order valence-electron chi connectivity index (χ2n) is 6.79. The number of nitrogens with one attached hydrogen (secondary N) is 1. The van der Waals surface area contributed by atoms with Gasteiger partial charge < -0.3 is 15.2 Å². The van der Waals surface area contributed by atoms with Crippen LogP contribution in [0.4, 0.5) is 18.9 Å². The fourth-order valence-electron chi connectivity index (χ4n) is 2.66. The topological polar surface area (TPSA) is 58.6 Å². The van der Waals surface area contributed by atoms with Crippen LogP contribution < -0.4 is 10.1 Å². The lowest BCUT2D eigenvalue weighted by Gasteiger charge is -2.17. The van der Waals surface area contributed by atoms with E-state index >= 15 is 0 Å². The van der Waals surface area contributed by atoms with Crippen molar-refractivity contribution < 1.29 is 27.8 Å². The van der Waals surface area contributed by atoms with Gasteiger partial charge in [0.15, 0.2) is 0 Å². The van der Waals surface area contributed by atoms with Gasteiger partial charge in [0.25, 0.3) is 0 Å². The summed E-state index contributed by atoms with van der Waals surface area (Å²) in [6.45, 7) is 3.62. The maximum Gasteiger partial charge on any atom is 0.416 e. The molecular weight excluding hydrogens is 519 g/mol. The Bertz CT molecular complexity index is 863. The zero-order chi connectivity index (χ0) is 21.8. The number of aryl methyl sites for hydroxylation is 1. The van der Waals surface area contributed by atoms with Crippen LogP contribution in [-0.4, -0.2) is 17.1 Å². The molecule has 0 radical (unpaired) electrons. The minimum absolute atomic E-state index is 0.00501. The van der Waals surface area contributed by atoms with Gasteiger partial charge >= 0.3 is 12.1 Å². The highest BCUT2D eigenvalue weighted by Gasteiger charge is 2.31. The summed E-state index contributed by atoms with van der Waals surface area (Å²) in [5.74, 6) is -0.465. The first-order valence-corrected chi connectivity index (χ1v) is 10.3. The first-order chi connectivity index (χ1) is 13.5. The number of hydrogen-bond acceptors (Lipinski definition) is 3. The average Bonchev–Trinajstić information content (AvgIpc) is 2.57. The summed E-state index contributed by atoms with van der Waals surface area (Å²) in [5.41, 5.74) is 0.789. The van der Waals surface area contributed by atoms with Gasteiger partial charge in [-0.2, -0.15) is 13.2 Å². The number of anilines is 1. The number of benzene rings is 2. The van der Waals surface area contributed by atoms with Crippen LogP contribution in [0.1, 0.15) is 37.0 Å².